The van der Waals surface area contributed by atoms with Crippen LogP contribution in [0.1, 0.15) is 58.6 Å². The second kappa shape index (κ2) is 6.55. The topological polar surface area (TPSA) is 71.3 Å². The molecular weight excluding hydrogens is 324 g/mol. The second-order valence-electron chi connectivity index (χ2n) is 6.69. The van der Waals surface area contributed by atoms with Gasteiger partial charge in [0, 0.05) is 23.9 Å². The molecular formula is C17H22N4O2S. The molecule has 4 rings (SSSR count). The number of urea groups is 1. The Labute approximate surface area is 145 Å². The van der Waals surface area contributed by atoms with Crippen LogP contribution >= 0.6 is 11.3 Å². The van der Waals surface area contributed by atoms with Gasteiger partial charge in [-0.15, -0.1) is 11.3 Å². The molecule has 24 heavy (non-hydrogen) atoms. The van der Waals surface area contributed by atoms with Crippen molar-refractivity contribution >= 4 is 17.4 Å². The van der Waals surface area contributed by atoms with E-state index in [-0.39, 0.29) is 6.03 Å². The van der Waals surface area contributed by atoms with E-state index in [9.17, 15) is 4.79 Å². The third kappa shape index (κ3) is 3.45. The molecule has 0 aromatic carbocycles. The fourth-order valence-electron chi connectivity index (χ4n) is 3.02. The lowest BCUT2D eigenvalue weighted by Crippen LogP contribution is -2.36. The van der Waals surface area contributed by atoms with Crippen LogP contribution in [-0.2, 0) is 25.9 Å². The van der Waals surface area contributed by atoms with E-state index in [2.05, 4.69) is 10.5 Å². The number of thiazole rings is 1. The predicted molar refractivity (Wildman–Crippen MR) is 90.9 cm³/mol. The van der Waals surface area contributed by atoms with Crippen LogP contribution in [-0.4, -0.2) is 28.1 Å². The molecule has 1 saturated carbocycles. The highest BCUT2D eigenvalue weighted by Gasteiger charge is 2.27. The number of nitrogens with one attached hydrogen (secondary N) is 1. The van der Waals surface area contributed by atoms with Crippen LogP contribution in [0.25, 0.3) is 0 Å². The molecule has 1 fully saturated rings. The van der Waals surface area contributed by atoms with Crippen molar-refractivity contribution in [2.24, 2.45) is 0 Å². The number of aromatic nitrogens is 2. The molecule has 1 N–H and O–H groups in total. The fraction of sp³-hybridized carbons (Fsp3) is 0.588. The molecule has 0 aliphatic heterocycles. The average molecular weight is 346 g/mol. The monoisotopic (exact) mass is 346 g/mol. The minimum atomic E-state index is -0.112. The summed E-state index contributed by atoms with van der Waals surface area (Å²) in [7, 11) is 1.80. The average Bonchev–Trinajstić information content (AvgIpc) is 3.18. The summed E-state index contributed by atoms with van der Waals surface area (Å²) in [6.45, 7) is 0.948. The summed E-state index contributed by atoms with van der Waals surface area (Å²) < 4.78 is 5.30. The number of carbonyl (C=O) groups is 1. The van der Waals surface area contributed by atoms with Crippen molar-refractivity contribution in [3.05, 3.63) is 33.1 Å². The number of amides is 2. The zero-order chi connectivity index (χ0) is 16.5. The molecule has 6 nitrogen and oxygen atoms in total. The third-order valence-electron chi connectivity index (χ3n) is 4.59. The van der Waals surface area contributed by atoms with Crippen LogP contribution in [0.4, 0.5) is 4.79 Å². The molecule has 2 aliphatic carbocycles. The molecule has 2 aliphatic rings. The van der Waals surface area contributed by atoms with Crippen molar-refractivity contribution in [3.8, 4) is 0 Å². The Morgan fingerprint density at radius 1 is 1.42 bits per heavy atom. The van der Waals surface area contributed by atoms with Crippen molar-refractivity contribution in [3.63, 3.8) is 0 Å². The predicted octanol–water partition coefficient (Wildman–Crippen LogP) is 3.23. The van der Waals surface area contributed by atoms with Gasteiger partial charge in [0.05, 0.1) is 18.8 Å². The quantitative estimate of drug-likeness (QED) is 0.902. The summed E-state index contributed by atoms with van der Waals surface area (Å²) in [6, 6.07) is 1.84. The van der Waals surface area contributed by atoms with E-state index in [1.165, 1.54) is 36.3 Å². The van der Waals surface area contributed by atoms with E-state index in [0.717, 1.165) is 29.3 Å². The third-order valence-corrected chi connectivity index (χ3v) is 5.73. The molecule has 2 heterocycles. The Hall–Kier alpha value is -1.89. The number of hydrogen-bond donors (Lipinski definition) is 1. The maximum Gasteiger partial charge on any atom is 0.317 e. The van der Waals surface area contributed by atoms with Gasteiger partial charge in [-0.05, 0) is 38.5 Å². The van der Waals surface area contributed by atoms with Gasteiger partial charge in [0.25, 0.3) is 0 Å². The standard InChI is InChI=1S/C17H22N4O2S/c1-21(10-16-19-13-4-2-3-5-15(13)24-16)17(22)18-9-12-8-14(23-20-12)11-6-7-11/h8,11H,2-7,9-10H2,1H3,(H,18,22). The van der Waals surface area contributed by atoms with Gasteiger partial charge in [-0.2, -0.15) is 0 Å². The maximum atomic E-state index is 12.3. The summed E-state index contributed by atoms with van der Waals surface area (Å²) in [6.07, 6.45) is 7.07. The van der Waals surface area contributed by atoms with Gasteiger partial charge in [-0.25, -0.2) is 9.78 Å². The first-order chi connectivity index (χ1) is 11.7. The van der Waals surface area contributed by atoms with E-state index >= 15 is 0 Å². The Bertz CT molecular complexity index is 711. The summed E-state index contributed by atoms with van der Waals surface area (Å²) in [5.74, 6) is 1.49. The number of aryl methyl sites for hydroxylation is 2. The minimum absolute atomic E-state index is 0.112. The largest absolute Gasteiger partial charge is 0.361 e. The number of rotatable bonds is 5. The van der Waals surface area contributed by atoms with Crippen LogP contribution in [0.2, 0.25) is 0 Å². The molecule has 2 aromatic heterocycles. The van der Waals surface area contributed by atoms with Gasteiger partial charge in [-0.1, -0.05) is 5.16 Å². The number of carbonyl (C=O) groups excluding carboxylic acids is 1. The molecule has 0 spiro atoms. The Kier molecular flexibility index (Phi) is 4.26. The smallest absolute Gasteiger partial charge is 0.317 e. The number of fused-ring (bicyclic) bond motifs is 1. The maximum absolute atomic E-state index is 12.3. The van der Waals surface area contributed by atoms with Gasteiger partial charge in [0.2, 0.25) is 0 Å². The van der Waals surface area contributed by atoms with E-state index in [4.69, 9.17) is 9.51 Å². The lowest BCUT2D eigenvalue weighted by molar-refractivity contribution is 0.206. The van der Waals surface area contributed by atoms with Crippen LogP contribution in [0.15, 0.2) is 10.6 Å². The lowest BCUT2D eigenvalue weighted by atomic mass is 10.0. The highest BCUT2D eigenvalue weighted by molar-refractivity contribution is 7.11. The highest BCUT2D eigenvalue weighted by Crippen LogP contribution is 2.40. The van der Waals surface area contributed by atoms with E-state index in [1.54, 1.807) is 23.3 Å². The van der Waals surface area contributed by atoms with Crippen LogP contribution in [0.3, 0.4) is 0 Å². The van der Waals surface area contributed by atoms with E-state index in [0.29, 0.717) is 19.0 Å². The van der Waals surface area contributed by atoms with Gasteiger partial charge < -0.3 is 14.7 Å². The first-order valence-electron chi connectivity index (χ1n) is 8.61. The molecule has 0 saturated heterocycles. The van der Waals surface area contributed by atoms with Crippen molar-refractivity contribution in [2.75, 3.05) is 7.05 Å². The highest BCUT2D eigenvalue weighted by atomic mass is 32.1. The second-order valence-corrected chi connectivity index (χ2v) is 7.86. The summed E-state index contributed by atoms with van der Waals surface area (Å²) in [5, 5.41) is 7.94. The minimum Gasteiger partial charge on any atom is -0.361 e. The molecule has 0 radical (unpaired) electrons. The van der Waals surface area contributed by atoms with Crippen LogP contribution < -0.4 is 5.32 Å². The zero-order valence-corrected chi connectivity index (χ0v) is 14.7. The van der Waals surface area contributed by atoms with Crippen molar-refractivity contribution < 1.29 is 9.32 Å². The molecule has 128 valence electrons. The SMILES string of the molecule is CN(Cc1nc2c(s1)CCCC2)C(=O)NCc1cc(C2CC2)on1. The Morgan fingerprint density at radius 3 is 3.04 bits per heavy atom. The molecule has 0 bridgehead atoms. The molecule has 7 heteroatoms. The molecule has 2 aromatic rings. The van der Waals surface area contributed by atoms with E-state index in [1.807, 2.05) is 6.07 Å². The molecule has 0 unspecified atom stereocenters. The normalized spacial score (nSPS) is 16.7. The van der Waals surface area contributed by atoms with Crippen molar-refractivity contribution in [2.45, 2.75) is 57.5 Å². The van der Waals surface area contributed by atoms with Crippen molar-refractivity contribution in [1.82, 2.24) is 20.4 Å². The Morgan fingerprint density at radius 2 is 2.25 bits per heavy atom. The number of nitrogens with zero attached hydrogens (tertiary/aromatic N) is 3. The van der Waals surface area contributed by atoms with Gasteiger partial charge >= 0.3 is 6.03 Å². The Balaban J connectivity index is 1.29. The fourth-order valence-corrected chi connectivity index (χ4v) is 4.23. The number of hydrogen-bond acceptors (Lipinski definition) is 5. The van der Waals surface area contributed by atoms with Gasteiger partial charge in [0.15, 0.2) is 0 Å². The van der Waals surface area contributed by atoms with Gasteiger partial charge in [-0.3, -0.25) is 0 Å². The molecule has 0 atom stereocenters. The van der Waals surface area contributed by atoms with Gasteiger partial charge in [0.1, 0.15) is 16.5 Å². The summed E-state index contributed by atoms with van der Waals surface area (Å²) in [5.41, 5.74) is 2.02. The molecule has 2 amide bonds. The van der Waals surface area contributed by atoms with Crippen LogP contribution in [0, 0.1) is 0 Å². The first-order valence-corrected chi connectivity index (χ1v) is 9.42. The summed E-state index contributed by atoms with van der Waals surface area (Å²) in [4.78, 5) is 20.0. The zero-order valence-electron chi connectivity index (χ0n) is 13.9. The van der Waals surface area contributed by atoms with Crippen LogP contribution in [0.5, 0.6) is 0 Å². The summed E-state index contributed by atoms with van der Waals surface area (Å²) >= 11 is 1.75. The first kappa shape index (κ1) is 15.6. The van der Waals surface area contributed by atoms with E-state index < -0.39 is 0 Å². The lowest BCUT2D eigenvalue weighted by Gasteiger charge is -2.15. The van der Waals surface area contributed by atoms with Crippen molar-refractivity contribution in [1.29, 1.82) is 0 Å².